The summed E-state index contributed by atoms with van der Waals surface area (Å²) in [6, 6.07) is 3.30. The number of nitrogen functional groups attached to an aromatic ring is 1. The topological polar surface area (TPSA) is 174 Å². The second-order valence-electron chi connectivity index (χ2n) is 7.88. The molecular formula is C20H22F3N7O4. The second kappa shape index (κ2) is 9.13. The van der Waals surface area contributed by atoms with E-state index < -0.39 is 48.2 Å². The predicted molar refractivity (Wildman–Crippen MR) is 112 cm³/mol. The number of nitrogens with two attached hydrogens (primary N) is 2. The third kappa shape index (κ3) is 4.65. The molecule has 11 nitrogen and oxygen atoms in total. The summed E-state index contributed by atoms with van der Waals surface area (Å²) < 4.78 is 45.2. The number of hydrogen-bond donors (Lipinski definition) is 5. The SMILES string of the molecule is Nc1ncnc2c1ncn2[C@@H]1O[C@H](CNC(=O)[C@@H](N)Cc2ccc(C(F)(F)F)cc2)[C@@H](O)[C@H]1O. The maximum Gasteiger partial charge on any atom is 0.416 e. The third-order valence-electron chi connectivity index (χ3n) is 5.55. The number of aromatic nitrogens is 4. The smallest absolute Gasteiger partial charge is 0.387 e. The van der Waals surface area contributed by atoms with E-state index >= 15 is 0 Å². The van der Waals surface area contributed by atoms with Crippen molar-refractivity contribution in [1.29, 1.82) is 0 Å². The highest BCUT2D eigenvalue weighted by Crippen LogP contribution is 2.32. The van der Waals surface area contributed by atoms with Gasteiger partial charge >= 0.3 is 6.18 Å². The predicted octanol–water partition coefficient (Wildman–Crippen LogP) is -0.267. The minimum absolute atomic E-state index is 0.00541. The van der Waals surface area contributed by atoms with Crippen LogP contribution in [0.1, 0.15) is 17.4 Å². The van der Waals surface area contributed by atoms with Crippen LogP contribution in [0.15, 0.2) is 36.9 Å². The van der Waals surface area contributed by atoms with Crippen molar-refractivity contribution in [2.24, 2.45) is 5.73 Å². The number of fused-ring (bicyclic) bond motifs is 1. The highest BCUT2D eigenvalue weighted by molar-refractivity contribution is 5.82. The van der Waals surface area contributed by atoms with Gasteiger partial charge in [-0.2, -0.15) is 13.2 Å². The molecule has 0 saturated carbocycles. The van der Waals surface area contributed by atoms with Gasteiger partial charge in [0.1, 0.15) is 30.2 Å². The van der Waals surface area contributed by atoms with Crippen molar-refractivity contribution in [3.05, 3.63) is 48.0 Å². The molecule has 182 valence electrons. The second-order valence-corrected chi connectivity index (χ2v) is 7.88. The number of nitrogens with zero attached hydrogens (tertiary/aromatic N) is 4. The fourth-order valence-electron chi connectivity index (χ4n) is 3.69. The summed E-state index contributed by atoms with van der Waals surface area (Å²) in [7, 11) is 0. The van der Waals surface area contributed by atoms with Gasteiger partial charge in [0.25, 0.3) is 0 Å². The molecule has 3 heterocycles. The lowest BCUT2D eigenvalue weighted by atomic mass is 10.0. The summed E-state index contributed by atoms with van der Waals surface area (Å²) in [5, 5.41) is 23.4. The molecule has 0 spiro atoms. The van der Waals surface area contributed by atoms with E-state index in [1.807, 2.05) is 0 Å². The average Bonchev–Trinajstić information content (AvgIpc) is 3.34. The lowest BCUT2D eigenvalue weighted by Gasteiger charge is -2.18. The van der Waals surface area contributed by atoms with Crippen molar-refractivity contribution in [3.63, 3.8) is 0 Å². The Kier molecular flexibility index (Phi) is 6.40. The molecule has 0 radical (unpaired) electrons. The van der Waals surface area contributed by atoms with Crippen LogP contribution < -0.4 is 16.8 Å². The van der Waals surface area contributed by atoms with Crippen LogP contribution in [-0.4, -0.2) is 66.5 Å². The van der Waals surface area contributed by atoms with Crippen molar-refractivity contribution >= 4 is 22.9 Å². The molecule has 1 aliphatic heterocycles. The van der Waals surface area contributed by atoms with Crippen LogP contribution in [0.4, 0.5) is 19.0 Å². The maximum absolute atomic E-state index is 12.7. The van der Waals surface area contributed by atoms with Gasteiger partial charge in [-0.15, -0.1) is 0 Å². The number of anilines is 1. The molecule has 1 saturated heterocycles. The van der Waals surface area contributed by atoms with E-state index in [9.17, 15) is 28.2 Å². The molecule has 14 heteroatoms. The molecule has 4 rings (SSSR count). The van der Waals surface area contributed by atoms with Crippen molar-refractivity contribution in [2.45, 2.75) is 43.2 Å². The summed E-state index contributed by atoms with van der Waals surface area (Å²) >= 11 is 0. The number of imidazole rings is 1. The number of carbonyl (C=O) groups excluding carboxylic acids is 1. The van der Waals surface area contributed by atoms with Gasteiger partial charge < -0.3 is 31.7 Å². The quantitative estimate of drug-likeness (QED) is 0.317. The van der Waals surface area contributed by atoms with Gasteiger partial charge in [-0.05, 0) is 24.1 Å². The summed E-state index contributed by atoms with van der Waals surface area (Å²) in [5.41, 5.74) is 11.9. The van der Waals surface area contributed by atoms with Crippen LogP contribution >= 0.6 is 0 Å². The Hall–Kier alpha value is -3.33. The van der Waals surface area contributed by atoms with Gasteiger partial charge in [0, 0.05) is 6.54 Å². The molecule has 34 heavy (non-hydrogen) atoms. The van der Waals surface area contributed by atoms with Crippen LogP contribution in [0.5, 0.6) is 0 Å². The number of halogens is 3. The molecule has 0 aliphatic carbocycles. The van der Waals surface area contributed by atoms with Gasteiger partial charge in [0.05, 0.1) is 17.9 Å². The summed E-state index contributed by atoms with van der Waals surface area (Å²) in [5.74, 6) is -0.454. The van der Waals surface area contributed by atoms with Crippen LogP contribution in [0.25, 0.3) is 11.2 Å². The van der Waals surface area contributed by atoms with Crippen molar-refractivity contribution < 1.29 is 32.9 Å². The van der Waals surface area contributed by atoms with Gasteiger partial charge in [0.15, 0.2) is 17.7 Å². The van der Waals surface area contributed by atoms with E-state index in [0.29, 0.717) is 16.7 Å². The van der Waals surface area contributed by atoms with Crippen LogP contribution in [0.3, 0.4) is 0 Å². The first-order valence-electron chi connectivity index (χ1n) is 10.2. The van der Waals surface area contributed by atoms with E-state index in [-0.39, 0.29) is 18.8 Å². The molecular weight excluding hydrogens is 459 g/mol. The van der Waals surface area contributed by atoms with E-state index in [2.05, 4.69) is 20.3 Å². The van der Waals surface area contributed by atoms with Crippen LogP contribution in [0, 0.1) is 0 Å². The molecule has 1 aliphatic rings. The molecule has 0 unspecified atom stereocenters. The molecule has 1 aromatic carbocycles. The number of ether oxygens (including phenoxy) is 1. The molecule has 7 N–H and O–H groups in total. The number of amides is 1. The van der Waals surface area contributed by atoms with E-state index in [1.54, 1.807) is 0 Å². The minimum atomic E-state index is -4.45. The highest BCUT2D eigenvalue weighted by Gasteiger charge is 2.44. The first-order chi connectivity index (χ1) is 16.1. The van der Waals surface area contributed by atoms with Gasteiger partial charge in [-0.25, -0.2) is 15.0 Å². The molecule has 2 aromatic heterocycles. The number of rotatable bonds is 6. The number of benzene rings is 1. The monoisotopic (exact) mass is 481 g/mol. The fourth-order valence-corrected chi connectivity index (χ4v) is 3.69. The van der Waals surface area contributed by atoms with Gasteiger partial charge in [-0.1, -0.05) is 12.1 Å². The molecule has 0 bridgehead atoms. The summed E-state index contributed by atoms with van der Waals surface area (Å²) in [4.78, 5) is 24.4. The van der Waals surface area contributed by atoms with Crippen molar-refractivity contribution in [2.75, 3.05) is 12.3 Å². The fraction of sp³-hybridized carbons (Fsp3) is 0.400. The zero-order valence-electron chi connectivity index (χ0n) is 17.6. The normalized spacial score (nSPS) is 23.8. The van der Waals surface area contributed by atoms with E-state index in [0.717, 1.165) is 12.1 Å². The Balaban J connectivity index is 1.35. The number of aliphatic hydroxyl groups is 2. The number of hydrogen-bond acceptors (Lipinski definition) is 9. The number of alkyl halides is 3. The Morgan fingerprint density at radius 2 is 1.88 bits per heavy atom. The van der Waals surface area contributed by atoms with E-state index in [1.165, 1.54) is 29.4 Å². The number of aliphatic hydroxyl groups excluding tert-OH is 2. The highest BCUT2D eigenvalue weighted by atomic mass is 19.4. The third-order valence-corrected chi connectivity index (χ3v) is 5.55. The number of carbonyl (C=O) groups is 1. The molecule has 1 fully saturated rings. The van der Waals surface area contributed by atoms with Crippen LogP contribution in [0.2, 0.25) is 0 Å². The number of nitrogens with one attached hydrogen (secondary N) is 1. The standard InChI is InChI=1S/C20H22F3N7O4/c21-20(22,23)10-3-1-9(2-4-10)5-11(24)18(33)26-6-12-14(31)15(32)19(34-12)30-8-29-13-16(25)27-7-28-17(13)30/h1-4,7-8,11-12,14-15,19,31-32H,5-6,24H2,(H,26,33)(H2,25,27,28)/t11-,12+,14+,15+,19+/m0/s1. The Labute approximate surface area is 190 Å². The first-order valence-corrected chi connectivity index (χ1v) is 10.2. The van der Waals surface area contributed by atoms with E-state index in [4.69, 9.17) is 16.2 Å². The summed E-state index contributed by atoms with van der Waals surface area (Å²) in [6.07, 6.45) is -6.59. The Bertz CT molecular complexity index is 1170. The average molecular weight is 481 g/mol. The van der Waals surface area contributed by atoms with Crippen LogP contribution in [-0.2, 0) is 22.1 Å². The first kappa shape index (κ1) is 23.8. The minimum Gasteiger partial charge on any atom is -0.387 e. The van der Waals surface area contributed by atoms with Gasteiger partial charge in [0.2, 0.25) is 5.91 Å². The van der Waals surface area contributed by atoms with Crippen molar-refractivity contribution in [1.82, 2.24) is 24.8 Å². The lowest BCUT2D eigenvalue weighted by molar-refractivity contribution is -0.137. The molecule has 5 atom stereocenters. The lowest BCUT2D eigenvalue weighted by Crippen LogP contribution is -2.46. The Morgan fingerprint density at radius 1 is 1.18 bits per heavy atom. The molecule has 3 aromatic rings. The van der Waals surface area contributed by atoms with Gasteiger partial charge in [-0.3, -0.25) is 9.36 Å². The summed E-state index contributed by atoms with van der Waals surface area (Å²) in [6.45, 7) is -0.169. The van der Waals surface area contributed by atoms with Crippen molar-refractivity contribution in [3.8, 4) is 0 Å². The largest absolute Gasteiger partial charge is 0.416 e. The maximum atomic E-state index is 12.7. The molecule has 1 amide bonds. The zero-order chi connectivity index (χ0) is 24.6. The Morgan fingerprint density at radius 3 is 2.56 bits per heavy atom. The zero-order valence-corrected chi connectivity index (χ0v) is 17.6.